The molecule has 0 N–H and O–H groups in total. The number of alkyl halides is 3. The first kappa shape index (κ1) is 18.8. The predicted molar refractivity (Wildman–Crippen MR) is 96.7 cm³/mol. The van der Waals surface area contributed by atoms with Crippen molar-refractivity contribution in [3.8, 4) is 11.4 Å². The van der Waals surface area contributed by atoms with Crippen molar-refractivity contribution in [1.29, 1.82) is 0 Å². The van der Waals surface area contributed by atoms with Crippen LogP contribution in [0.25, 0.3) is 11.4 Å². The molecule has 0 aliphatic heterocycles. The van der Waals surface area contributed by atoms with Gasteiger partial charge in [-0.2, -0.15) is 13.2 Å². The Morgan fingerprint density at radius 1 is 1.08 bits per heavy atom. The third kappa shape index (κ3) is 5.00. The smallest absolute Gasteiger partial charge is 0.299 e. The maximum absolute atomic E-state index is 12.5. The summed E-state index contributed by atoms with van der Waals surface area (Å²) in [5, 5.41) is 9.10. The highest BCUT2D eigenvalue weighted by Gasteiger charge is 2.28. The van der Waals surface area contributed by atoms with E-state index in [1.54, 1.807) is 0 Å². The lowest BCUT2D eigenvalue weighted by Gasteiger charge is -2.25. The van der Waals surface area contributed by atoms with Crippen molar-refractivity contribution in [3.05, 3.63) is 28.7 Å². The van der Waals surface area contributed by atoms with Crippen LogP contribution in [-0.2, 0) is 0 Å². The Balaban J connectivity index is 1.88. The van der Waals surface area contributed by atoms with E-state index in [9.17, 15) is 13.2 Å². The molecule has 0 bridgehead atoms. The summed E-state index contributed by atoms with van der Waals surface area (Å²) in [5.74, 6) is 0.711. The van der Waals surface area contributed by atoms with Gasteiger partial charge >= 0.3 is 6.18 Å². The van der Waals surface area contributed by atoms with Gasteiger partial charge in [-0.25, -0.2) is 0 Å². The largest absolute Gasteiger partial charge is 0.389 e. The van der Waals surface area contributed by atoms with Crippen molar-refractivity contribution in [2.45, 2.75) is 55.9 Å². The van der Waals surface area contributed by atoms with Gasteiger partial charge in [0.2, 0.25) is 0 Å². The standard InChI is InChI=1S/C17H19BrF3N3S/c18-13-8-6-12(7-9-13)15-22-23-16(25-11-10-17(19,20)21)24(15)14-4-2-1-3-5-14/h6-9,14H,1-5,10-11H2. The monoisotopic (exact) mass is 433 g/mol. The van der Waals surface area contributed by atoms with Crippen LogP contribution in [0.5, 0.6) is 0 Å². The van der Waals surface area contributed by atoms with E-state index < -0.39 is 12.6 Å². The fourth-order valence-corrected chi connectivity index (χ4v) is 4.35. The highest BCUT2D eigenvalue weighted by molar-refractivity contribution is 9.10. The Morgan fingerprint density at radius 3 is 2.40 bits per heavy atom. The van der Waals surface area contributed by atoms with Gasteiger partial charge in [0.25, 0.3) is 0 Å². The van der Waals surface area contributed by atoms with E-state index in [1.165, 1.54) is 6.42 Å². The van der Waals surface area contributed by atoms with Crippen LogP contribution in [0.2, 0.25) is 0 Å². The lowest BCUT2D eigenvalue weighted by atomic mass is 9.95. The summed E-state index contributed by atoms with van der Waals surface area (Å²) >= 11 is 4.56. The van der Waals surface area contributed by atoms with Gasteiger partial charge in [-0.15, -0.1) is 10.2 Å². The van der Waals surface area contributed by atoms with Gasteiger partial charge in [-0.1, -0.05) is 59.1 Å². The molecule has 2 aromatic rings. The summed E-state index contributed by atoms with van der Waals surface area (Å²) in [6.07, 6.45) is 0.566. The zero-order chi connectivity index (χ0) is 17.9. The fourth-order valence-electron chi connectivity index (χ4n) is 3.10. The van der Waals surface area contributed by atoms with Gasteiger partial charge in [-0.05, 0) is 25.0 Å². The van der Waals surface area contributed by atoms with Crippen LogP contribution in [0, 0.1) is 0 Å². The Kier molecular flexibility index (Phi) is 6.09. The van der Waals surface area contributed by atoms with Crippen LogP contribution in [0.3, 0.4) is 0 Å². The molecule has 1 heterocycles. The summed E-state index contributed by atoms with van der Waals surface area (Å²) in [4.78, 5) is 0. The second-order valence-corrected chi connectivity index (χ2v) is 8.17. The second-order valence-electron chi connectivity index (χ2n) is 6.19. The van der Waals surface area contributed by atoms with E-state index in [1.807, 2.05) is 24.3 Å². The Hall–Kier alpha value is -1.02. The molecule has 1 aliphatic carbocycles. The van der Waals surface area contributed by atoms with E-state index in [4.69, 9.17) is 0 Å². The topological polar surface area (TPSA) is 30.7 Å². The summed E-state index contributed by atoms with van der Waals surface area (Å²) in [6, 6.07) is 8.04. The SMILES string of the molecule is FC(F)(F)CCSc1nnc(-c2ccc(Br)cc2)n1C1CCCCC1. The van der Waals surface area contributed by atoms with Gasteiger partial charge in [-0.3, -0.25) is 4.57 Å². The lowest BCUT2D eigenvalue weighted by molar-refractivity contribution is -0.129. The summed E-state index contributed by atoms with van der Waals surface area (Å²) in [6.45, 7) is 0. The van der Waals surface area contributed by atoms with Crippen molar-refractivity contribution in [3.63, 3.8) is 0 Å². The summed E-state index contributed by atoms with van der Waals surface area (Å²) in [5.41, 5.74) is 0.934. The van der Waals surface area contributed by atoms with E-state index in [2.05, 4.69) is 30.7 Å². The average Bonchev–Trinajstić information content (AvgIpc) is 2.99. The number of halogens is 4. The molecule has 0 saturated heterocycles. The number of hydrogen-bond acceptors (Lipinski definition) is 3. The maximum Gasteiger partial charge on any atom is 0.389 e. The van der Waals surface area contributed by atoms with Crippen LogP contribution in [0.15, 0.2) is 33.9 Å². The first-order valence-electron chi connectivity index (χ1n) is 8.34. The Bertz CT molecular complexity index is 694. The van der Waals surface area contributed by atoms with Gasteiger partial charge in [0.15, 0.2) is 11.0 Å². The minimum Gasteiger partial charge on any atom is -0.299 e. The highest BCUT2D eigenvalue weighted by Crippen LogP contribution is 2.36. The van der Waals surface area contributed by atoms with Crippen molar-refractivity contribution in [2.75, 3.05) is 5.75 Å². The van der Waals surface area contributed by atoms with Crippen molar-refractivity contribution in [1.82, 2.24) is 14.8 Å². The molecule has 1 fully saturated rings. The third-order valence-electron chi connectivity index (χ3n) is 4.32. The molecule has 3 nitrogen and oxygen atoms in total. The molecule has 1 aromatic carbocycles. The Morgan fingerprint density at radius 2 is 1.76 bits per heavy atom. The zero-order valence-electron chi connectivity index (χ0n) is 13.6. The van der Waals surface area contributed by atoms with Gasteiger partial charge in [0, 0.05) is 21.8 Å². The first-order valence-corrected chi connectivity index (χ1v) is 10.1. The number of nitrogens with zero attached hydrogens (tertiary/aromatic N) is 3. The molecular weight excluding hydrogens is 415 g/mol. The number of benzene rings is 1. The van der Waals surface area contributed by atoms with Gasteiger partial charge < -0.3 is 0 Å². The molecular formula is C17H19BrF3N3S. The molecule has 0 unspecified atom stereocenters. The van der Waals surface area contributed by atoms with Crippen LogP contribution in [-0.4, -0.2) is 26.7 Å². The summed E-state index contributed by atoms with van der Waals surface area (Å²) in [7, 11) is 0. The molecule has 136 valence electrons. The lowest BCUT2D eigenvalue weighted by Crippen LogP contribution is -2.15. The molecule has 3 rings (SSSR count). The zero-order valence-corrected chi connectivity index (χ0v) is 16.0. The van der Waals surface area contributed by atoms with Gasteiger partial charge in [0.1, 0.15) is 0 Å². The number of hydrogen-bond donors (Lipinski definition) is 0. The van der Waals surface area contributed by atoms with Crippen LogP contribution in [0.4, 0.5) is 13.2 Å². The normalized spacial score (nSPS) is 16.3. The molecule has 0 atom stereocenters. The number of aromatic nitrogens is 3. The molecule has 25 heavy (non-hydrogen) atoms. The van der Waals surface area contributed by atoms with E-state index in [0.717, 1.165) is 53.3 Å². The second kappa shape index (κ2) is 8.12. The van der Waals surface area contributed by atoms with Crippen molar-refractivity contribution < 1.29 is 13.2 Å². The Labute approximate surface area is 157 Å². The summed E-state index contributed by atoms with van der Waals surface area (Å²) < 4.78 is 40.4. The fraction of sp³-hybridized carbons (Fsp3) is 0.529. The maximum atomic E-state index is 12.5. The molecule has 0 amide bonds. The minimum absolute atomic E-state index is 0.0330. The molecule has 0 spiro atoms. The van der Waals surface area contributed by atoms with Crippen molar-refractivity contribution in [2.24, 2.45) is 0 Å². The van der Waals surface area contributed by atoms with E-state index >= 15 is 0 Å². The highest BCUT2D eigenvalue weighted by atomic mass is 79.9. The molecule has 8 heteroatoms. The van der Waals surface area contributed by atoms with E-state index in [-0.39, 0.29) is 11.8 Å². The van der Waals surface area contributed by atoms with Crippen molar-refractivity contribution >= 4 is 27.7 Å². The molecule has 1 aliphatic rings. The van der Waals surface area contributed by atoms with Crippen LogP contribution < -0.4 is 0 Å². The molecule has 1 saturated carbocycles. The molecule has 0 radical (unpaired) electrons. The number of thioether (sulfide) groups is 1. The van der Waals surface area contributed by atoms with Crippen LogP contribution in [0.1, 0.15) is 44.6 Å². The molecule has 1 aromatic heterocycles. The van der Waals surface area contributed by atoms with E-state index in [0.29, 0.717) is 5.16 Å². The number of rotatable bonds is 5. The quantitative estimate of drug-likeness (QED) is 0.521. The first-order chi connectivity index (χ1) is 11.9. The third-order valence-corrected chi connectivity index (χ3v) is 5.80. The van der Waals surface area contributed by atoms with Gasteiger partial charge in [0.05, 0.1) is 6.42 Å². The minimum atomic E-state index is -4.14. The predicted octanol–water partition coefficient (Wildman–Crippen LogP) is 6.26. The van der Waals surface area contributed by atoms with Crippen LogP contribution >= 0.6 is 27.7 Å². The average molecular weight is 434 g/mol.